The van der Waals surface area contributed by atoms with E-state index in [1.807, 2.05) is 31.2 Å². The van der Waals surface area contributed by atoms with Crippen LogP contribution in [0.15, 0.2) is 66.0 Å². The van der Waals surface area contributed by atoms with Gasteiger partial charge < -0.3 is 0 Å². The van der Waals surface area contributed by atoms with Crippen molar-refractivity contribution in [2.45, 2.75) is 23.9 Å². The van der Waals surface area contributed by atoms with E-state index in [9.17, 15) is 13.2 Å². The Morgan fingerprint density at radius 2 is 1.80 bits per heavy atom. The summed E-state index contributed by atoms with van der Waals surface area (Å²) in [4.78, 5) is 9.68. The molecule has 0 aliphatic carbocycles. The van der Waals surface area contributed by atoms with Gasteiger partial charge in [0.05, 0.1) is 16.1 Å². The molecule has 0 atom stereocenters. The smallest absolute Gasteiger partial charge is 0.264 e. The molecule has 0 N–H and O–H groups in total. The zero-order valence-corrected chi connectivity index (χ0v) is 17.4. The minimum Gasteiger partial charge on any atom is -0.264 e. The van der Waals surface area contributed by atoms with Crippen molar-refractivity contribution in [3.05, 3.63) is 77.7 Å². The second kappa shape index (κ2) is 8.53. The Kier molecular flexibility index (Phi) is 5.83. The number of thiazole rings is 1. The fourth-order valence-corrected chi connectivity index (χ4v) is 4.50. The Labute approximate surface area is 179 Å². The maximum Gasteiger partial charge on any atom is 0.416 e. The molecule has 0 saturated carbocycles. The molecule has 0 bridgehead atoms. The Bertz CT molecular complexity index is 1130. The van der Waals surface area contributed by atoms with Crippen LogP contribution in [0.2, 0.25) is 0 Å². The van der Waals surface area contributed by atoms with E-state index in [-0.39, 0.29) is 0 Å². The topological polar surface area (TPSA) is 51.6 Å². The van der Waals surface area contributed by atoms with Gasteiger partial charge in [-0.2, -0.15) is 13.2 Å². The van der Waals surface area contributed by atoms with E-state index in [1.165, 1.54) is 35.2 Å². The molecule has 0 aliphatic rings. The number of hydrogen-bond acceptors (Lipinski definition) is 6. The Balaban J connectivity index is 1.44. The normalized spacial score (nSPS) is 11.6. The average molecular weight is 445 g/mol. The Morgan fingerprint density at radius 1 is 1.00 bits per heavy atom. The van der Waals surface area contributed by atoms with E-state index in [1.54, 1.807) is 12.4 Å². The fraction of sp³-hybridized carbons (Fsp3) is 0.143. The van der Waals surface area contributed by atoms with Gasteiger partial charge >= 0.3 is 6.18 Å². The third-order valence-corrected chi connectivity index (χ3v) is 6.47. The van der Waals surface area contributed by atoms with Crippen LogP contribution in [0, 0.1) is 6.92 Å². The molecule has 3 heterocycles. The fourth-order valence-electron chi connectivity index (χ4n) is 2.71. The van der Waals surface area contributed by atoms with Crippen molar-refractivity contribution in [3.8, 4) is 21.1 Å². The molecule has 30 heavy (non-hydrogen) atoms. The first-order valence-corrected chi connectivity index (χ1v) is 10.7. The highest BCUT2D eigenvalue weighted by Gasteiger charge is 2.29. The molecule has 0 fully saturated rings. The van der Waals surface area contributed by atoms with Crippen molar-refractivity contribution in [1.29, 1.82) is 0 Å². The largest absolute Gasteiger partial charge is 0.416 e. The third-order valence-electron chi connectivity index (χ3n) is 4.25. The number of benzene rings is 1. The van der Waals surface area contributed by atoms with Crippen LogP contribution >= 0.6 is 23.1 Å². The van der Waals surface area contributed by atoms with E-state index in [4.69, 9.17) is 0 Å². The quantitative estimate of drug-likeness (QED) is 0.339. The van der Waals surface area contributed by atoms with Crippen molar-refractivity contribution < 1.29 is 13.2 Å². The number of pyridine rings is 1. The number of thioether (sulfide) groups is 1. The molecule has 0 amide bonds. The predicted molar refractivity (Wildman–Crippen MR) is 112 cm³/mol. The van der Waals surface area contributed by atoms with Gasteiger partial charge in [-0.25, -0.2) is 4.98 Å². The monoisotopic (exact) mass is 444 g/mol. The van der Waals surface area contributed by atoms with Gasteiger partial charge in [0.15, 0.2) is 0 Å². The summed E-state index contributed by atoms with van der Waals surface area (Å²) >= 11 is 2.95. The number of alkyl halides is 3. The highest BCUT2D eigenvalue weighted by Crippen LogP contribution is 2.34. The number of halogens is 3. The van der Waals surface area contributed by atoms with Crippen LogP contribution in [0.1, 0.15) is 16.8 Å². The minimum atomic E-state index is -4.32. The third kappa shape index (κ3) is 4.68. The molecule has 0 aliphatic heterocycles. The van der Waals surface area contributed by atoms with E-state index >= 15 is 0 Å². The van der Waals surface area contributed by atoms with Gasteiger partial charge in [-0.3, -0.25) is 4.98 Å². The van der Waals surface area contributed by atoms with Gasteiger partial charge in [0.1, 0.15) is 15.7 Å². The van der Waals surface area contributed by atoms with E-state index < -0.39 is 11.7 Å². The summed E-state index contributed by atoms with van der Waals surface area (Å²) in [7, 11) is 0. The van der Waals surface area contributed by atoms with Crippen molar-refractivity contribution in [2.24, 2.45) is 0 Å². The zero-order chi connectivity index (χ0) is 21.1. The number of rotatable bonds is 5. The van der Waals surface area contributed by atoms with Crippen LogP contribution in [0.4, 0.5) is 13.2 Å². The molecule has 9 heteroatoms. The maximum atomic E-state index is 12.6. The van der Waals surface area contributed by atoms with Crippen molar-refractivity contribution in [2.75, 3.05) is 0 Å². The van der Waals surface area contributed by atoms with Crippen LogP contribution in [-0.2, 0) is 11.9 Å². The Hall–Kier alpha value is -2.78. The highest BCUT2D eigenvalue weighted by molar-refractivity contribution is 7.98. The van der Waals surface area contributed by atoms with Gasteiger partial charge in [0, 0.05) is 23.7 Å². The van der Waals surface area contributed by atoms with E-state index in [2.05, 4.69) is 20.2 Å². The molecule has 0 spiro atoms. The number of hydrogen-bond donors (Lipinski definition) is 0. The summed E-state index contributed by atoms with van der Waals surface area (Å²) in [6.45, 7) is 1.93. The molecule has 0 radical (unpaired) electrons. The summed E-state index contributed by atoms with van der Waals surface area (Å²) in [5.74, 6) is 0.511. The molecule has 4 aromatic rings. The second-order valence-electron chi connectivity index (χ2n) is 6.42. The maximum absolute atomic E-state index is 12.6. The first kappa shape index (κ1) is 20.5. The standard InChI is InChI=1S/C21H15F3N4S2/c1-13-19(30-20(26-13)15-3-2-10-25-11-15)17-8-9-18(28-27-17)29-12-14-4-6-16(7-5-14)21(22,23)24/h2-11H,12H2,1H3. The summed E-state index contributed by atoms with van der Waals surface area (Å²) in [5.41, 5.74) is 2.70. The van der Waals surface area contributed by atoms with Crippen LogP contribution in [0.25, 0.3) is 21.1 Å². The number of aromatic nitrogens is 4. The van der Waals surface area contributed by atoms with Crippen molar-refractivity contribution >= 4 is 23.1 Å². The summed E-state index contributed by atoms with van der Waals surface area (Å²) in [6, 6.07) is 12.7. The number of aryl methyl sites for hydroxylation is 1. The average Bonchev–Trinajstić information content (AvgIpc) is 3.14. The molecule has 3 aromatic heterocycles. The second-order valence-corrected chi connectivity index (χ2v) is 8.41. The van der Waals surface area contributed by atoms with Gasteiger partial charge in [0.25, 0.3) is 0 Å². The summed E-state index contributed by atoms with van der Waals surface area (Å²) in [6.07, 6.45) is -0.829. The van der Waals surface area contributed by atoms with Crippen molar-refractivity contribution in [3.63, 3.8) is 0 Å². The summed E-state index contributed by atoms with van der Waals surface area (Å²) < 4.78 is 37.9. The molecule has 152 valence electrons. The first-order chi connectivity index (χ1) is 14.4. The van der Waals surface area contributed by atoms with Gasteiger partial charge in [0.2, 0.25) is 0 Å². The highest BCUT2D eigenvalue weighted by atomic mass is 32.2. The lowest BCUT2D eigenvalue weighted by molar-refractivity contribution is -0.137. The van der Waals surface area contributed by atoms with Crippen molar-refractivity contribution in [1.82, 2.24) is 20.2 Å². The molecule has 4 rings (SSSR count). The van der Waals surface area contributed by atoms with Crippen LogP contribution < -0.4 is 0 Å². The lowest BCUT2D eigenvalue weighted by Crippen LogP contribution is -2.04. The summed E-state index contributed by atoms with van der Waals surface area (Å²) in [5, 5.41) is 10.1. The SMILES string of the molecule is Cc1nc(-c2cccnc2)sc1-c1ccc(SCc2ccc(C(F)(F)F)cc2)nn1. The lowest BCUT2D eigenvalue weighted by atomic mass is 10.1. The minimum absolute atomic E-state index is 0.511. The molecule has 4 nitrogen and oxygen atoms in total. The van der Waals surface area contributed by atoms with E-state index in [0.717, 1.165) is 44.5 Å². The lowest BCUT2D eigenvalue weighted by Gasteiger charge is -2.07. The van der Waals surface area contributed by atoms with Gasteiger partial charge in [-0.05, 0) is 48.9 Å². The molecule has 0 unspecified atom stereocenters. The van der Waals surface area contributed by atoms with Crippen LogP contribution in [0.3, 0.4) is 0 Å². The Morgan fingerprint density at radius 3 is 2.43 bits per heavy atom. The molecule has 0 saturated heterocycles. The predicted octanol–water partition coefficient (Wildman–Crippen LogP) is 6.28. The van der Waals surface area contributed by atoms with Gasteiger partial charge in [-0.1, -0.05) is 23.9 Å². The molecular weight excluding hydrogens is 429 g/mol. The zero-order valence-electron chi connectivity index (χ0n) is 15.7. The van der Waals surface area contributed by atoms with Gasteiger partial charge in [-0.15, -0.1) is 21.5 Å². The molecular formula is C21H15F3N4S2. The van der Waals surface area contributed by atoms with E-state index in [0.29, 0.717) is 10.8 Å². The number of nitrogens with zero attached hydrogens (tertiary/aromatic N) is 4. The molecule has 1 aromatic carbocycles. The first-order valence-electron chi connectivity index (χ1n) is 8.91. The van der Waals surface area contributed by atoms with Crippen LogP contribution in [-0.4, -0.2) is 20.2 Å². The van der Waals surface area contributed by atoms with Crippen LogP contribution in [0.5, 0.6) is 0 Å².